The van der Waals surface area contributed by atoms with Gasteiger partial charge in [-0.05, 0) is 77.0 Å². The molecule has 0 N–H and O–H groups in total. The van der Waals surface area contributed by atoms with E-state index in [0.29, 0.717) is 0 Å². The monoisotopic (exact) mass is 601 g/mol. The van der Waals surface area contributed by atoms with Crippen molar-refractivity contribution in [2.24, 2.45) is 0 Å². The molecule has 0 radical (unpaired) electrons. The summed E-state index contributed by atoms with van der Waals surface area (Å²) in [4.78, 5) is 0. The predicted molar refractivity (Wildman–Crippen MR) is 148 cm³/mol. The summed E-state index contributed by atoms with van der Waals surface area (Å²) in [6.07, 6.45) is 24.8. The van der Waals surface area contributed by atoms with Gasteiger partial charge in [-0.2, -0.15) is 0 Å². The van der Waals surface area contributed by atoms with Crippen molar-refractivity contribution in [3.8, 4) is 5.75 Å². The molecule has 0 saturated heterocycles. The molecule has 0 atom stereocenters. The zero-order chi connectivity index (χ0) is 23.3. The van der Waals surface area contributed by atoms with Gasteiger partial charge in [-0.25, -0.2) is 0 Å². The van der Waals surface area contributed by atoms with E-state index in [1.54, 1.807) is 96.3 Å². The fourth-order valence-corrected chi connectivity index (χ4v) is 13.3. The Kier molecular flexibility index (Phi) is 13.9. The van der Waals surface area contributed by atoms with Crippen LogP contribution in [0.4, 0.5) is 0 Å². The molecule has 3 aliphatic carbocycles. The molecule has 0 bridgehead atoms. The summed E-state index contributed by atoms with van der Waals surface area (Å²) >= 11 is -1.76. The van der Waals surface area contributed by atoms with Gasteiger partial charge in [0.15, 0.2) is 0 Å². The number of rotatable bonds is 7. The van der Waals surface area contributed by atoms with Crippen LogP contribution in [0.25, 0.3) is 0 Å². The first-order chi connectivity index (χ1) is 16.2. The predicted octanol–water partition coefficient (Wildman–Crippen LogP) is 9.75. The van der Waals surface area contributed by atoms with E-state index in [2.05, 4.69) is 6.92 Å². The Morgan fingerprint density at radius 3 is 1.67 bits per heavy atom. The quantitative estimate of drug-likeness (QED) is 0.223. The van der Waals surface area contributed by atoms with E-state index in [1.165, 1.54) is 17.0 Å². The van der Waals surface area contributed by atoms with Gasteiger partial charge in [0.25, 0.3) is 0 Å². The van der Waals surface area contributed by atoms with Crippen LogP contribution in [-0.4, -0.2) is 28.2 Å². The summed E-state index contributed by atoms with van der Waals surface area (Å²) in [5.41, 5.74) is 4.68. The van der Waals surface area contributed by atoms with Gasteiger partial charge in [-0.1, -0.05) is 19.3 Å². The van der Waals surface area contributed by atoms with Crippen LogP contribution in [-0.2, 0) is 13.5 Å². The van der Waals surface area contributed by atoms with Crippen LogP contribution < -0.4 is 4.74 Å². The molecule has 190 valence electrons. The van der Waals surface area contributed by atoms with E-state index in [0.717, 1.165) is 24.3 Å². The van der Waals surface area contributed by atoms with E-state index in [-0.39, 0.29) is 7.92 Å². The fourth-order valence-electron chi connectivity index (χ4n) is 6.30. The molecule has 1 aromatic rings. The standard InChI is InChI=1S/C18H33P.C10H12O.2ClH.Ru/c1-4-10-16(11-5-1)19(17-12-6-2-7-13-17)18-14-8-3-9-15-18;1-3-8-11-10-7-5-4-6-9(10)2;;;/h16-18H,1-15H2;2,4-7H,3,8H2,1H3;2*1H;/q;;;;+2/p-1. The SMILES string of the molecule is C1CCC([PH+](C2CCCCC2)C2CCCCC2)CC1.CCCOc1ccccc1[CH]=[Ru]([Cl])[Cl]. The molecule has 3 saturated carbocycles. The minimum atomic E-state index is -1.76. The van der Waals surface area contributed by atoms with Gasteiger partial charge >= 0.3 is 97.8 Å². The molecule has 1 aromatic carbocycles. The van der Waals surface area contributed by atoms with Gasteiger partial charge in [0.05, 0.1) is 17.0 Å². The van der Waals surface area contributed by atoms with Crippen LogP contribution in [0.5, 0.6) is 5.75 Å². The average Bonchev–Trinajstić information content (AvgIpc) is 2.86. The van der Waals surface area contributed by atoms with E-state index >= 15 is 0 Å². The number of hydrogen-bond donors (Lipinski definition) is 0. The number of benzene rings is 1. The third-order valence-corrected chi connectivity index (χ3v) is 14.2. The summed E-state index contributed by atoms with van der Waals surface area (Å²) in [5, 5.41) is 0. The average molecular weight is 602 g/mol. The van der Waals surface area contributed by atoms with E-state index in [1.807, 2.05) is 28.9 Å². The Labute approximate surface area is 218 Å². The third kappa shape index (κ3) is 9.83. The molecular formula is C28H46Cl2OPRu+. The van der Waals surface area contributed by atoms with Crippen LogP contribution in [0.2, 0.25) is 0 Å². The van der Waals surface area contributed by atoms with Crippen LogP contribution in [0.15, 0.2) is 24.3 Å². The maximum atomic E-state index is 5.82. The van der Waals surface area contributed by atoms with Crippen molar-refractivity contribution < 1.29 is 18.3 Å². The van der Waals surface area contributed by atoms with Crippen molar-refractivity contribution >= 4 is 31.9 Å². The number of hydrogen-bond acceptors (Lipinski definition) is 1. The number of halogens is 2. The molecule has 0 heterocycles. The molecule has 3 fully saturated rings. The first-order valence-corrected chi connectivity index (χ1v) is 20.8. The Bertz CT molecular complexity index is 648. The van der Waals surface area contributed by atoms with Crippen molar-refractivity contribution in [1.29, 1.82) is 0 Å². The number of para-hydroxylation sites is 1. The normalized spacial score (nSPS) is 21.3. The molecule has 1 nitrogen and oxygen atoms in total. The molecule has 4 rings (SSSR count). The number of ether oxygens (including phenoxy) is 1. The Balaban J connectivity index is 0.000000196. The van der Waals surface area contributed by atoms with Crippen molar-refractivity contribution in [3.05, 3.63) is 29.8 Å². The summed E-state index contributed by atoms with van der Waals surface area (Å²) in [5.74, 6) is 0.870. The molecule has 0 spiro atoms. The van der Waals surface area contributed by atoms with Crippen molar-refractivity contribution in [1.82, 2.24) is 0 Å². The van der Waals surface area contributed by atoms with Gasteiger partial charge in [0.1, 0.15) is 0 Å². The zero-order valence-electron chi connectivity index (χ0n) is 20.7. The van der Waals surface area contributed by atoms with Crippen molar-refractivity contribution in [2.45, 2.75) is 127 Å². The van der Waals surface area contributed by atoms with Gasteiger partial charge in [-0.3, -0.25) is 0 Å². The van der Waals surface area contributed by atoms with Gasteiger partial charge < -0.3 is 0 Å². The third-order valence-electron chi connectivity index (χ3n) is 7.80. The van der Waals surface area contributed by atoms with Crippen LogP contribution >= 0.6 is 27.3 Å². The van der Waals surface area contributed by atoms with Crippen LogP contribution in [0, 0.1) is 0 Å². The van der Waals surface area contributed by atoms with E-state index in [4.69, 9.17) is 24.1 Å². The fraction of sp³-hybridized carbons (Fsp3) is 0.750. The molecule has 33 heavy (non-hydrogen) atoms. The summed E-state index contributed by atoms with van der Waals surface area (Å²) in [7, 11) is 11.6. The Morgan fingerprint density at radius 1 is 0.788 bits per heavy atom. The summed E-state index contributed by atoms with van der Waals surface area (Å²) < 4.78 is 7.46. The molecule has 0 unspecified atom stereocenters. The van der Waals surface area contributed by atoms with E-state index in [9.17, 15) is 0 Å². The second-order valence-corrected chi connectivity index (χ2v) is 19.4. The molecule has 0 amide bonds. The van der Waals surface area contributed by atoms with E-state index < -0.39 is 13.5 Å². The molecule has 0 aromatic heterocycles. The van der Waals surface area contributed by atoms with Gasteiger partial charge in [0, 0.05) is 7.92 Å². The molecule has 5 heteroatoms. The first kappa shape index (κ1) is 28.1. The van der Waals surface area contributed by atoms with Crippen LogP contribution in [0.1, 0.15) is 115 Å². The Hall–Kier alpha value is 0.523. The zero-order valence-corrected chi connectivity index (χ0v) is 24.9. The second kappa shape index (κ2) is 16.3. The Morgan fingerprint density at radius 2 is 1.24 bits per heavy atom. The topological polar surface area (TPSA) is 9.23 Å². The van der Waals surface area contributed by atoms with Crippen LogP contribution in [0.3, 0.4) is 0 Å². The second-order valence-electron chi connectivity index (χ2n) is 10.2. The van der Waals surface area contributed by atoms with Gasteiger partial charge in [0.2, 0.25) is 0 Å². The molecule has 0 aliphatic heterocycles. The van der Waals surface area contributed by atoms with Crippen molar-refractivity contribution in [3.63, 3.8) is 0 Å². The molecular weight excluding hydrogens is 555 g/mol. The first-order valence-electron chi connectivity index (χ1n) is 13.6. The maximum absolute atomic E-state index is 5.82. The molecule has 3 aliphatic rings. The summed E-state index contributed by atoms with van der Waals surface area (Å²) in [6, 6.07) is 7.81. The van der Waals surface area contributed by atoms with Crippen molar-refractivity contribution in [2.75, 3.05) is 6.61 Å². The van der Waals surface area contributed by atoms with Gasteiger partial charge in [-0.15, -0.1) is 0 Å². The minimum absolute atomic E-state index is 0.0465. The summed E-state index contributed by atoms with van der Waals surface area (Å²) in [6.45, 7) is 2.80.